The van der Waals surface area contributed by atoms with Crippen molar-refractivity contribution in [2.45, 2.75) is 18.5 Å². The van der Waals surface area contributed by atoms with E-state index in [9.17, 15) is 9.18 Å². The fourth-order valence-corrected chi connectivity index (χ4v) is 3.17. The molecule has 0 radical (unpaired) electrons. The zero-order chi connectivity index (χ0) is 16.4. The summed E-state index contributed by atoms with van der Waals surface area (Å²) in [4.78, 5) is 12.5. The maximum atomic E-state index is 13.2. The largest absolute Gasteiger partial charge is 0.426 e. The van der Waals surface area contributed by atoms with Crippen LogP contribution >= 0.6 is 23.7 Å². The molecule has 1 fully saturated rings. The molecule has 3 rings (SSSR count). The van der Waals surface area contributed by atoms with Gasteiger partial charge in [-0.15, -0.1) is 10.2 Å². The summed E-state index contributed by atoms with van der Waals surface area (Å²) in [5.74, 6) is -0.336. The van der Waals surface area contributed by atoms with Gasteiger partial charge in [-0.25, -0.2) is 13.4 Å². The maximum Gasteiger partial charge on any atom is 0.242 e. The van der Waals surface area contributed by atoms with Crippen LogP contribution in [0.4, 0.5) is 10.1 Å². The van der Waals surface area contributed by atoms with Gasteiger partial charge in [0.25, 0.3) is 0 Å². The van der Waals surface area contributed by atoms with E-state index in [1.807, 2.05) is 0 Å². The van der Waals surface area contributed by atoms with Crippen molar-refractivity contribution in [3.8, 4) is 0 Å². The van der Waals surface area contributed by atoms with E-state index in [4.69, 9.17) is 16.0 Å². The van der Waals surface area contributed by atoms with Crippen LogP contribution in [-0.4, -0.2) is 33.5 Å². The summed E-state index contributed by atoms with van der Waals surface area (Å²) in [6.07, 6.45) is 1.70. The standard InChI is InChI=1S/C13H13ClFN5O2S/c1-20-11(5-10(19-23-20)13-18-16-6-22-13)12(21)17-7-2-3-9(15)8(14)4-7/h2-4,6,10-11,19H,5H2,1H3,(H,17,21). The minimum absolute atomic E-state index is 0.0421. The minimum atomic E-state index is -0.532. The zero-order valence-corrected chi connectivity index (χ0v) is 13.6. The Morgan fingerprint density at radius 3 is 3.13 bits per heavy atom. The zero-order valence-electron chi connectivity index (χ0n) is 12.0. The van der Waals surface area contributed by atoms with Crippen molar-refractivity contribution in [1.29, 1.82) is 0 Å². The summed E-state index contributed by atoms with van der Waals surface area (Å²) in [5, 5.41) is 10.2. The Kier molecular flexibility index (Phi) is 4.81. The number of amides is 1. The Labute approximate surface area is 140 Å². The summed E-state index contributed by atoms with van der Waals surface area (Å²) >= 11 is 7.01. The molecule has 10 heteroatoms. The van der Waals surface area contributed by atoms with Crippen LogP contribution in [0, 0.1) is 5.82 Å². The lowest BCUT2D eigenvalue weighted by Crippen LogP contribution is -2.46. The van der Waals surface area contributed by atoms with Crippen molar-refractivity contribution in [1.82, 2.24) is 19.2 Å². The van der Waals surface area contributed by atoms with Crippen LogP contribution in [0.3, 0.4) is 0 Å². The molecular formula is C13H13ClFN5O2S. The van der Waals surface area contributed by atoms with E-state index < -0.39 is 11.9 Å². The number of rotatable bonds is 3. The highest BCUT2D eigenvalue weighted by Gasteiger charge is 2.34. The Bertz CT molecular complexity index is 702. The van der Waals surface area contributed by atoms with Crippen LogP contribution in [0.2, 0.25) is 5.02 Å². The molecule has 1 aromatic carbocycles. The number of anilines is 1. The molecular weight excluding hydrogens is 345 g/mol. The number of hydrogen-bond acceptors (Lipinski definition) is 7. The van der Waals surface area contributed by atoms with E-state index in [-0.39, 0.29) is 17.0 Å². The molecule has 2 heterocycles. The Morgan fingerprint density at radius 2 is 2.43 bits per heavy atom. The molecule has 0 spiro atoms. The average molecular weight is 358 g/mol. The second-order valence-corrected chi connectivity index (χ2v) is 6.36. The van der Waals surface area contributed by atoms with Gasteiger partial charge in [-0.1, -0.05) is 11.6 Å². The van der Waals surface area contributed by atoms with E-state index in [0.29, 0.717) is 18.0 Å². The van der Waals surface area contributed by atoms with Gasteiger partial charge < -0.3 is 9.73 Å². The van der Waals surface area contributed by atoms with Crippen LogP contribution in [0.1, 0.15) is 18.4 Å². The molecule has 0 aliphatic carbocycles. The lowest BCUT2D eigenvalue weighted by molar-refractivity contribution is -0.119. The molecule has 1 aliphatic rings. The van der Waals surface area contributed by atoms with E-state index in [0.717, 1.165) is 0 Å². The first kappa shape index (κ1) is 16.2. The van der Waals surface area contributed by atoms with Gasteiger partial charge in [0.1, 0.15) is 11.9 Å². The Balaban J connectivity index is 1.70. The van der Waals surface area contributed by atoms with Crippen molar-refractivity contribution in [2.24, 2.45) is 0 Å². The van der Waals surface area contributed by atoms with Crippen molar-refractivity contribution in [3.63, 3.8) is 0 Å². The first-order chi connectivity index (χ1) is 11.0. The molecule has 1 amide bonds. The third-order valence-corrected chi connectivity index (χ3v) is 4.62. The predicted octanol–water partition coefficient (Wildman–Crippen LogP) is 2.40. The Morgan fingerprint density at radius 1 is 1.61 bits per heavy atom. The van der Waals surface area contributed by atoms with Crippen molar-refractivity contribution in [2.75, 3.05) is 12.4 Å². The van der Waals surface area contributed by atoms with Crippen molar-refractivity contribution < 1.29 is 13.6 Å². The SMILES string of the molecule is CN1SNC(c2nnco2)CC1C(=O)Nc1ccc(F)c(Cl)c1. The van der Waals surface area contributed by atoms with E-state index in [1.54, 1.807) is 11.4 Å². The number of nitrogens with zero attached hydrogens (tertiary/aromatic N) is 3. The fraction of sp³-hybridized carbons (Fsp3) is 0.308. The number of carbonyl (C=O) groups is 1. The number of aromatic nitrogens is 2. The predicted molar refractivity (Wildman–Crippen MR) is 84.0 cm³/mol. The molecule has 2 atom stereocenters. The quantitative estimate of drug-likeness (QED) is 0.816. The molecule has 2 unspecified atom stereocenters. The lowest BCUT2D eigenvalue weighted by atomic mass is 10.1. The third kappa shape index (κ3) is 3.63. The number of nitrogens with one attached hydrogen (secondary N) is 2. The molecule has 1 aromatic heterocycles. The number of hydrogen-bond donors (Lipinski definition) is 2. The molecule has 0 saturated carbocycles. The van der Waals surface area contributed by atoms with Crippen LogP contribution in [-0.2, 0) is 4.79 Å². The van der Waals surface area contributed by atoms with Crippen LogP contribution in [0.5, 0.6) is 0 Å². The lowest BCUT2D eigenvalue weighted by Gasteiger charge is -2.34. The van der Waals surface area contributed by atoms with Gasteiger partial charge >= 0.3 is 0 Å². The number of benzene rings is 1. The summed E-state index contributed by atoms with van der Waals surface area (Å²) < 4.78 is 23.3. The summed E-state index contributed by atoms with van der Waals surface area (Å²) in [6, 6.07) is 3.38. The van der Waals surface area contributed by atoms with Gasteiger partial charge in [0.2, 0.25) is 18.2 Å². The first-order valence-corrected chi connectivity index (χ1v) is 7.87. The molecule has 1 saturated heterocycles. The fourth-order valence-electron chi connectivity index (χ4n) is 2.19. The molecule has 2 aromatic rings. The highest BCUT2D eigenvalue weighted by Crippen LogP contribution is 2.30. The molecule has 0 bridgehead atoms. The smallest absolute Gasteiger partial charge is 0.242 e. The van der Waals surface area contributed by atoms with Gasteiger partial charge in [0.15, 0.2) is 0 Å². The molecule has 23 heavy (non-hydrogen) atoms. The highest BCUT2D eigenvalue weighted by molar-refractivity contribution is 7.95. The minimum Gasteiger partial charge on any atom is -0.426 e. The number of likely N-dealkylation sites (N-methyl/N-ethyl adjacent to an activating group) is 1. The second kappa shape index (κ2) is 6.83. The van der Waals surface area contributed by atoms with Gasteiger partial charge in [0.05, 0.1) is 11.1 Å². The summed E-state index contributed by atoms with van der Waals surface area (Å²) in [6.45, 7) is 0. The van der Waals surface area contributed by atoms with Crippen LogP contribution in [0.15, 0.2) is 29.0 Å². The molecule has 1 aliphatic heterocycles. The van der Waals surface area contributed by atoms with Crippen LogP contribution in [0.25, 0.3) is 0 Å². The van der Waals surface area contributed by atoms with Gasteiger partial charge in [-0.3, -0.25) is 4.79 Å². The monoisotopic (exact) mass is 357 g/mol. The molecule has 7 nitrogen and oxygen atoms in total. The first-order valence-electron chi connectivity index (χ1n) is 6.72. The van der Waals surface area contributed by atoms with Crippen molar-refractivity contribution in [3.05, 3.63) is 41.3 Å². The van der Waals surface area contributed by atoms with Gasteiger partial charge in [0, 0.05) is 17.8 Å². The van der Waals surface area contributed by atoms with E-state index in [1.165, 1.54) is 36.7 Å². The number of carbonyl (C=O) groups excluding carboxylic acids is 1. The third-order valence-electron chi connectivity index (χ3n) is 3.40. The summed E-state index contributed by atoms with van der Waals surface area (Å²) in [5.41, 5.74) is 0.438. The molecule has 2 N–H and O–H groups in total. The Hall–Kier alpha value is -1.68. The number of halogens is 2. The van der Waals surface area contributed by atoms with Crippen molar-refractivity contribution >= 4 is 35.3 Å². The van der Waals surface area contributed by atoms with Gasteiger partial charge in [-0.05, 0) is 31.7 Å². The normalized spacial score (nSPS) is 22.0. The highest BCUT2D eigenvalue weighted by atomic mass is 35.5. The topological polar surface area (TPSA) is 83.3 Å². The average Bonchev–Trinajstić information content (AvgIpc) is 3.06. The summed E-state index contributed by atoms with van der Waals surface area (Å²) in [7, 11) is 1.80. The van der Waals surface area contributed by atoms with E-state index in [2.05, 4.69) is 20.2 Å². The van der Waals surface area contributed by atoms with Gasteiger partial charge in [-0.2, -0.15) is 0 Å². The van der Waals surface area contributed by atoms with E-state index >= 15 is 0 Å². The molecule has 122 valence electrons. The second-order valence-electron chi connectivity index (χ2n) is 4.95. The maximum absolute atomic E-state index is 13.2. The van der Waals surface area contributed by atoms with Crippen LogP contribution < -0.4 is 10.0 Å².